The van der Waals surface area contributed by atoms with Gasteiger partial charge in [-0.3, -0.25) is 4.99 Å². The number of hydrogen-bond donors (Lipinski definition) is 2. The van der Waals surface area contributed by atoms with Crippen LogP contribution in [0.2, 0.25) is 0 Å². The normalized spacial score (nSPS) is 15.2. The Labute approximate surface area is 117 Å². The molecule has 0 atom stereocenters. The standard InChI is InChI=1S/C13H16N4O2S/c1-9-8-17(20(2,18)19)12-7-10(3-4-11(9)12)16-13-14-5-6-15-13/h3-4,7-8H,5-6H2,1-2H3,(H2,14,15,16). The molecule has 2 heterocycles. The smallest absolute Gasteiger partial charge is 0.236 e. The van der Waals surface area contributed by atoms with Gasteiger partial charge >= 0.3 is 0 Å². The molecule has 1 aromatic carbocycles. The Balaban J connectivity index is 2.09. The molecule has 106 valence electrons. The van der Waals surface area contributed by atoms with Crippen molar-refractivity contribution in [1.29, 1.82) is 0 Å². The summed E-state index contributed by atoms with van der Waals surface area (Å²) < 4.78 is 25.0. The first kappa shape index (κ1) is 13.0. The number of hydrogen-bond acceptors (Lipinski definition) is 5. The molecule has 0 unspecified atom stereocenters. The minimum atomic E-state index is -3.31. The van der Waals surface area contributed by atoms with Crippen molar-refractivity contribution in [2.75, 3.05) is 24.7 Å². The Kier molecular flexibility index (Phi) is 2.93. The van der Waals surface area contributed by atoms with E-state index in [1.165, 1.54) is 10.2 Å². The minimum Gasteiger partial charge on any atom is -0.354 e. The van der Waals surface area contributed by atoms with Crippen LogP contribution in [0.25, 0.3) is 10.9 Å². The third kappa shape index (κ3) is 2.24. The molecule has 1 aliphatic heterocycles. The van der Waals surface area contributed by atoms with Crippen molar-refractivity contribution in [2.24, 2.45) is 4.99 Å². The maximum atomic E-state index is 11.8. The second-order valence-corrected chi connectivity index (χ2v) is 6.74. The van der Waals surface area contributed by atoms with Crippen LogP contribution in [0.3, 0.4) is 0 Å². The maximum absolute atomic E-state index is 11.8. The van der Waals surface area contributed by atoms with Crippen molar-refractivity contribution >= 4 is 32.6 Å². The van der Waals surface area contributed by atoms with E-state index in [1.54, 1.807) is 6.20 Å². The summed E-state index contributed by atoms with van der Waals surface area (Å²) in [6, 6.07) is 5.67. The number of anilines is 1. The first-order chi connectivity index (χ1) is 9.45. The molecule has 2 N–H and O–H groups in total. The van der Waals surface area contributed by atoms with Gasteiger partial charge in [0, 0.05) is 23.8 Å². The fourth-order valence-corrected chi connectivity index (χ4v) is 3.19. The average molecular weight is 292 g/mol. The number of guanidine groups is 1. The zero-order valence-corrected chi connectivity index (χ0v) is 12.2. The molecule has 20 heavy (non-hydrogen) atoms. The van der Waals surface area contributed by atoms with Crippen LogP contribution in [0.1, 0.15) is 5.56 Å². The highest BCUT2D eigenvalue weighted by Crippen LogP contribution is 2.25. The number of aromatic nitrogens is 1. The van der Waals surface area contributed by atoms with E-state index >= 15 is 0 Å². The van der Waals surface area contributed by atoms with Crippen LogP contribution in [-0.2, 0) is 10.0 Å². The van der Waals surface area contributed by atoms with E-state index in [2.05, 4.69) is 15.6 Å². The summed E-state index contributed by atoms with van der Waals surface area (Å²) in [4.78, 5) is 4.26. The van der Waals surface area contributed by atoms with Gasteiger partial charge in [0.25, 0.3) is 0 Å². The van der Waals surface area contributed by atoms with Gasteiger partial charge in [-0.1, -0.05) is 6.07 Å². The van der Waals surface area contributed by atoms with Crippen LogP contribution in [0.15, 0.2) is 29.4 Å². The summed E-state index contributed by atoms with van der Waals surface area (Å²) in [7, 11) is -3.31. The molecule has 2 aromatic rings. The van der Waals surface area contributed by atoms with Gasteiger partial charge < -0.3 is 10.6 Å². The molecule has 6 nitrogen and oxygen atoms in total. The molecule has 1 aliphatic rings. The molecule has 0 aliphatic carbocycles. The lowest BCUT2D eigenvalue weighted by Gasteiger charge is -2.08. The number of benzene rings is 1. The monoisotopic (exact) mass is 292 g/mol. The fourth-order valence-electron chi connectivity index (χ4n) is 2.33. The molecule has 0 spiro atoms. The van der Waals surface area contributed by atoms with Gasteiger partial charge in [0.15, 0.2) is 5.96 Å². The predicted octanol–water partition coefficient (Wildman–Crippen LogP) is 1.13. The van der Waals surface area contributed by atoms with E-state index in [1.807, 2.05) is 25.1 Å². The van der Waals surface area contributed by atoms with Gasteiger partial charge in [0.1, 0.15) is 0 Å². The number of nitrogens with one attached hydrogen (secondary N) is 2. The molecule has 3 rings (SSSR count). The third-order valence-corrected chi connectivity index (χ3v) is 4.28. The van der Waals surface area contributed by atoms with E-state index in [0.29, 0.717) is 5.52 Å². The van der Waals surface area contributed by atoms with Crippen LogP contribution < -0.4 is 10.6 Å². The lowest BCUT2D eigenvalue weighted by atomic mass is 10.2. The van der Waals surface area contributed by atoms with Gasteiger partial charge in [-0.15, -0.1) is 0 Å². The van der Waals surface area contributed by atoms with Gasteiger partial charge in [-0.25, -0.2) is 12.4 Å². The van der Waals surface area contributed by atoms with Gasteiger partial charge in [0.05, 0.1) is 18.3 Å². The number of aryl methyl sites for hydroxylation is 1. The van der Waals surface area contributed by atoms with Crippen LogP contribution in [0, 0.1) is 6.92 Å². The Morgan fingerprint density at radius 2 is 2.20 bits per heavy atom. The molecule has 0 bridgehead atoms. The SMILES string of the molecule is Cc1cn(S(C)(=O)=O)c2cc(NC3=NCCN3)ccc12. The van der Waals surface area contributed by atoms with E-state index in [-0.39, 0.29) is 0 Å². The summed E-state index contributed by atoms with van der Waals surface area (Å²) in [5, 5.41) is 7.20. The Hall–Kier alpha value is -2.02. The van der Waals surface area contributed by atoms with Crippen molar-refractivity contribution in [3.8, 4) is 0 Å². The third-order valence-electron chi connectivity index (χ3n) is 3.27. The van der Waals surface area contributed by atoms with E-state index < -0.39 is 10.0 Å². The zero-order valence-electron chi connectivity index (χ0n) is 11.3. The van der Waals surface area contributed by atoms with Crippen LogP contribution >= 0.6 is 0 Å². The maximum Gasteiger partial charge on any atom is 0.236 e. The van der Waals surface area contributed by atoms with Crippen molar-refractivity contribution in [3.63, 3.8) is 0 Å². The zero-order chi connectivity index (χ0) is 14.3. The molecule has 0 radical (unpaired) electrons. The van der Waals surface area contributed by atoms with Gasteiger partial charge in [-0.05, 0) is 24.6 Å². The molecule has 0 saturated carbocycles. The van der Waals surface area contributed by atoms with Gasteiger partial charge in [0.2, 0.25) is 10.0 Å². The molecule has 0 saturated heterocycles. The fraction of sp³-hybridized carbons (Fsp3) is 0.308. The first-order valence-corrected chi connectivity index (χ1v) is 8.17. The molecule has 7 heteroatoms. The average Bonchev–Trinajstić information content (AvgIpc) is 2.97. The Bertz CT molecular complexity index is 805. The number of rotatable bonds is 2. The highest BCUT2D eigenvalue weighted by Gasteiger charge is 2.14. The lowest BCUT2D eigenvalue weighted by Crippen LogP contribution is -2.26. The molecular weight excluding hydrogens is 276 g/mol. The highest BCUT2D eigenvalue weighted by atomic mass is 32.2. The predicted molar refractivity (Wildman–Crippen MR) is 80.8 cm³/mol. The Morgan fingerprint density at radius 3 is 2.85 bits per heavy atom. The van der Waals surface area contributed by atoms with Crippen LogP contribution in [0.4, 0.5) is 5.69 Å². The topological polar surface area (TPSA) is 75.5 Å². The van der Waals surface area contributed by atoms with E-state index in [4.69, 9.17) is 0 Å². The summed E-state index contributed by atoms with van der Waals surface area (Å²) in [6.07, 6.45) is 2.85. The van der Waals surface area contributed by atoms with Crippen molar-refractivity contribution < 1.29 is 8.42 Å². The van der Waals surface area contributed by atoms with E-state index in [0.717, 1.165) is 35.7 Å². The lowest BCUT2D eigenvalue weighted by molar-refractivity contribution is 0.595. The summed E-state index contributed by atoms with van der Waals surface area (Å²) in [6.45, 7) is 3.48. The number of aliphatic imine (C=N–C) groups is 1. The van der Waals surface area contributed by atoms with Crippen molar-refractivity contribution in [1.82, 2.24) is 9.29 Å². The second-order valence-electron chi connectivity index (χ2n) is 4.88. The Morgan fingerprint density at radius 1 is 1.40 bits per heavy atom. The number of nitrogens with zero attached hydrogens (tertiary/aromatic N) is 2. The summed E-state index contributed by atoms with van der Waals surface area (Å²) in [5.74, 6) is 0.721. The highest BCUT2D eigenvalue weighted by molar-refractivity contribution is 7.89. The summed E-state index contributed by atoms with van der Waals surface area (Å²) in [5.41, 5.74) is 2.43. The molecule has 1 aromatic heterocycles. The van der Waals surface area contributed by atoms with Crippen molar-refractivity contribution in [3.05, 3.63) is 30.0 Å². The van der Waals surface area contributed by atoms with Gasteiger partial charge in [-0.2, -0.15) is 0 Å². The quantitative estimate of drug-likeness (QED) is 0.870. The minimum absolute atomic E-state index is 0.675. The van der Waals surface area contributed by atoms with Crippen LogP contribution in [-0.4, -0.2) is 37.7 Å². The van der Waals surface area contributed by atoms with Crippen molar-refractivity contribution in [2.45, 2.75) is 6.92 Å². The van der Waals surface area contributed by atoms with Crippen LogP contribution in [0.5, 0.6) is 0 Å². The first-order valence-electron chi connectivity index (χ1n) is 6.33. The molecule has 0 amide bonds. The largest absolute Gasteiger partial charge is 0.354 e. The number of fused-ring (bicyclic) bond motifs is 1. The van der Waals surface area contributed by atoms with E-state index in [9.17, 15) is 8.42 Å². The molecule has 0 fully saturated rings. The molecular formula is C13H16N4O2S. The second kappa shape index (κ2) is 4.52. The summed E-state index contributed by atoms with van der Waals surface area (Å²) >= 11 is 0.